The predicted octanol–water partition coefficient (Wildman–Crippen LogP) is 3.75. The second-order valence-corrected chi connectivity index (χ2v) is 4.64. The van der Waals surface area contributed by atoms with E-state index < -0.39 is 0 Å². The van der Waals surface area contributed by atoms with Crippen molar-refractivity contribution in [3.8, 4) is 0 Å². The second kappa shape index (κ2) is 5.84. The van der Waals surface area contributed by atoms with Gasteiger partial charge in [-0.2, -0.15) is 0 Å². The van der Waals surface area contributed by atoms with Crippen molar-refractivity contribution in [2.45, 2.75) is 13.2 Å². The molecule has 2 N–H and O–H groups in total. The Morgan fingerprint density at radius 2 is 1.47 bits per heavy atom. The zero-order valence-corrected chi connectivity index (χ0v) is 11.0. The van der Waals surface area contributed by atoms with Crippen molar-refractivity contribution >= 4 is 21.6 Å². The first kappa shape index (κ1) is 12.1. The molecule has 0 amide bonds. The van der Waals surface area contributed by atoms with Crippen LogP contribution in [-0.2, 0) is 18.0 Å². The minimum atomic E-state index is 0.536. The minimum Gasteiger partial charge on any atom is -0.398 e. The van der Waals surface area contributed by atoms with Gasteiger partial charge in [-0.25, -0.2) is 0 Å². The molecule has 0 aliphatic heterocycles. The van der Waals surface area contributed by atoms with Crippen LogP contribution in [0.3, 0.4) is 0 Å². The van der Waals surface area contributed by atoms with Crippen molar-refractivity contribution in [2.24, 2.45) is 0 Å². The molecule has 0 radical (unpaired) electrons. The number of anilines is 1. The van der Waals surface area contributed by atoms with Crippen LogP contribution in [0, 0.1) is 0 Å². The number of hydrogen-bond donors (Lipinski definition) is 1. The van der Waals surface area contributed by atoms with E-state index in [9.17, 15) is 0 Å². The van der Waals surface area contributed by atoms with Crippen LogP contribution in [0.5, 0.6) is 0 Å². The Kier molecular flexibility index (Phi) is 4.18. The quantitative estimate of drug-likeness (QED) is 0.871. The molecule has 0 aliphatic carbocycles. The molecule has 0 saturated heterocycles. The van der Waals surface area contributed by atoms with Crippen LogP contribution in [0.15, 0.2) is 53.0 Å². The van der Waals surface area contributed by atoms with Crippen molar-refractivity contribution in [2.75, 3.05) is 5.73 Å². The van der Waals surface area contributed by atoms with Crippen molar-refractivity contribution in [3.05, 3.63) is 64.1 Å². The summed E-state index contributed by atoms with van der Waals surface area (Å²) in [6, 6.07) is 15.8. The number of halogens is 1. The van der Waals surface area contributed by atoms with Gasteiger partial charge in [0.2, 0.25) is 0 Å². The Morgan fingerprint density at radius 1 is 0.882 bits per heavy atom. The highest BCUT2D eigenvalue weighted by Gasteiger charge is 2.00. The normalized spacial score (nSPS) is 10.4. The van der Waals surface area contributed by atoms with E-state index in [4.69, 9.17) is 10.5 Å². The van der Waals surface area contributed by atoms with Gasteiger partial charge in [-0.15, -0.1) is 0 Å². The Morgan fingerprint density at radius 3 is 2.18 bits per heavy atom. The number of para-hydroxylation sites is 1. The highest BCUT2D eigenvalue weighted by Crippen LogP contribution is 2.18. The van der Waals surface area contributed by atoms with Gasteiger partial charge in [0.15, 0.2) is 0 Å². The van der Waals surface area contributed by atoms with E-state index >= 15 is 0 Å². The summed E-state index contributed by atoms with van der Waals surface area (Å²) in [5.74, 6) is 0. The molecule has 0 unspecified atom stereocenters. The largest absolute Gasteiger partial charge is 0.398 e. The molecule has 0 fully saturated rings. The molecule has 0 spiro atoms. The summed E-state index contributed by atoms with van der Waals surface area (Å²) in [5.41, 5.74) is 8.79. The van der Waals surface area contributed by atoms with Gasteiger partial charge in [0.1, 0.15) is 0 Å². The van der Waals surface area contributed by atoms with Crippen LogP contribution >= 0.6 is 15.9 Å². The molecule has 0 aromatic heterocycles. The Bertz CT molecular complexity index is 454. The molecule has 2 rings (SSSR count). The van der Waals surface area contributed by atoms with Gasteiger partial charge in [0, 0.05) is 15.7 Å². The first-order chi connectivity index (χ1) is 8.27. The number of ether oxygens (including phenoxy) is 1. The van der Waals surface area contributed by atoms with Crippen molar-refractivity contribution < 1.29 is 4.74 Å². The number of nitrogens with two attached hydrogens (primary N) is 1. The molecular weight excluding hydrogens is 278 g/mol. The average Bonchev–Trinajstić information content (AvgIpc) is 2.34. The van der Waals surface area contributed by atoms with Crippen molar-refractivity contribution in [1.82, 2.24) is 0 Å². The fourth-order valence-corrected chi connectivity index (χ4v) is 1.95. The average molecular weight is 292 g/mol. The Balaban J connectivity index is 1.93. The van der Waals surface area contributed by atoms with Gasteiger partial charge < -0.3 is 10.5 Å². The molecule has 0 heterocycles. The van der Waals surface area contributed by atoms with E-state index in [1.54, 1.807) is 0 Å². The van der Waals surface area contributed by atoms with Crippen LogP contribution in [-0.4, -0.2) is 0 Å². The van der Waals surface area contributed by atoms with Gasteiger partial charge in [-0.1, -0.05) is 52.3 Å². The third-order valence-corrected chi connectivity index (χ3v) is 3.30. The zero-order valence-electron chi connectivity index (χ0n) is 9.40. The molecular formula is C14H14BrNO. The van der Waals surface area contributed by atoms with E-state index in [0.29, 0.717) is 13.2 Å². The van der Waals surface area contributed by atoms with Gasteiger partial charge in [-0.05, 0) is 17.7 Å². The minimum absolute atomic E-state index is 0.536. The highest BCUT2D eigenvalue weighted by atomic mass is 79.9. The van der Waals surface area contributed by atoms with E-state index in [1.807, 2.05) is 48.5 Å². The van der Waals surface area contributed by atoms with E-state index in [-0.39, 0.29) is 0 Å². The molecule has 3 heteroatoms. The van der Waals surface area contributed by atoms with E-state index in [0.717, 1.165) is 21.3 Å². The van der Waals surface area contributed by atoms with Crippen LogP contribution in [0.2, 0.25) is 0 Å². The molecule has 17 heavy (non-hydrogen) atoms. The standard InChI is InChI=1S/C14H14BrNO/c15-13-7-3-1-5-11(13)9-17-10-12-6-2-4-8-14(12)16/h1-8H,9-10,16H2. The third-order valence-electron chi connectivity index (χ3n) is 2.53. The van der Waals surface area contributed by atoms with Gasteiger partial charge in [-0.3, -0.25) is 0 Å². The summed E-state index contributed by atoms with van der Waals surface area (Å²) in [4.78, 5) is 0. The summed E-state index contributed by atoms with van der Waals surface area (Å²) in [5, 5.41) is 0. The summed E-state index contributed by atoms with van der Waals surface area (Å²) >= 11 is 3.49. The number of rotatable bonds is 4. The monoisotopic (exact) mass is 291 g/mol. The van der Waals surface area contributed by atoms with Crippen LogP contribution in [0.1, 0.15) is 11.1 Å². The molecule has 2 nitrogen and oxygen atoms in total. The molecule has 0 aliphatic rings. The van der Waals surface area contributed by atoms with Crippen LogP contribution < -0.4 is 5.73 Å². The molecule has 2 aromatic rings. The van der Waals surface area contributed by atoms with Crippen molar-refractivity contribution in [3.63, 3.8) is 0 Å². The zero-order chi connectivity index (χ0) is 12.1. The predicted molar refractivity (Wildman–Crippen MR) is 73.5 cm³/mol. The maximum Gasteiger partial charge on any atom is 0.0741 e. The SMILES string of the molecule is Nc1ccccc1COCc1ccccc1Br. The molecule has 2 aromatic carbocycles. The smallest absolute Gasteiger partial charge is 0.0741 e. The summed E-state index contributed by atoms with van der Waals surface area (Å²) in [7, 11) is 0. The Hall–Kier alpha value is -1.32. The van der Waals surface area contributed by atoms with Crippen molar-refractivity contribution in [1.29, 1.82) is 0 Å². The highest BCUT2D eigenvalue weighted by molar-refractivity contribution is 9.10. The molecule has 0 bridgehead atoms. The summed E-state index contributed by atoms with van der Waals surface area (Å²) in [6.45, 7) is 1.11. The number of hydrogen-bond acceptors (Lipinski definition) is 2. The lowest BCUT2D eigenvalue weighted by Crippen LogP contribution is -1.98. The van der Waals surface area contributed by atoms with Gasteiger partial charge in [0.25, 0.3) is 0 Å². The number of nitrogen functional groups attached to an aromatic ring is 1. The lowest BCUT2D eigenvalue weighted by molar-refractivity contribution is 0.107. The fourth-order valence-electron chi connectivity index (χ4n) is 1.55. The summed E-state index contributed by atoms with van der Waals surface area (Å²) < 4.78 is 6.73. The molecule has 0 atom stereocenters. The lowest BCUT2D eigenvalue weighted by Gasteiger charge is -2.08. The molecule has 0 saturated carbocycles. The van der Waals surface area contributed by atoms with Gasteiger partial charge in [0.05, 0.1) is 13.2 Å². The lowest BCUT2D eigenvalue weighted by atomic mass is 10.2. The topological polar surface area (TPSA) is 35.2 Å². The van der Waals surface area contributed by atoms with E-state index in [2.05, 4.69) is 15.9 Å². The first-order valence-electron chi connectivity index (χ1n) is 5.42. The second-order valence-electron chi connectivity index (χ2n) is 3.78. The fraction of sp³-hybridized carbons (Fsp3) is 0.143. The van der Waals surface area contributed by atoms with E-state index in [1.165, 1.54) is 0 Å². The first-order valence-corrected chi connectivity index (χ1v) is 6.21. The van der Waals surface area contributed by atoms with Gasteiger partial charge >= 0.3 is 0 Å². The maximum atomic E-state index is 5.84. The van der Waals surface area contributed by atoms with Crippen LogP contribution in [0.4, 0.5) is 5.69 Å². The summed E-state index contributed by atoms with van der Waals surface area (Å²) in [6.07, 6.45) is 0. The molecule has 88 valence electrons. The number of benzene rings is 2. The van der Waals surface area contributed by atoms with Crippen LogP contribution in [0.25, 0.3) is 0 Å². The Labute approximate surface area is 110 Å². The maximum absolute atomic E-state index is 5.84. The third kappa shape index (κ3) is 3.32.